The number of Topliss-reactive ketones (excluding diaryl/α,β-unsaturated/α-hetero) is 1. The minimum Gasteiger partial charge on any atom is -0.421 e. The van der Waals surface area contributed by atoms with Crippen molar-refractivity contribution in [2.24, 2.45) is 0 Å². The smallest absolute Gasteiger partial charge is 0.421 e. The van der Waals surface area contributed by atoms with Crippen LogP contribution in [0.5, 0.6) is 0 Å². The van der Waals surface area contributed by atoms with Gasteiger partial charge in [0.25, 0.3) is 0 Å². The zero-order valence-electron chi connectivity index (χ0n) is 15.6. The van der Waals surface area contributed by atoms with Gasteiger partial charge in [-0.2, -0.15) is 26.3 Å². The molecule has 0 unspecified atom stereocenters. The lowest BCUT2D eigenvalue weighted by Crippen LogP contribution is -2.44. The highest BCUT2D eigenvalue weighted by atomic mass is 32.3. The van der Waals surface area contributed by atoms with Crippen LogP contribution in [0.15, 0.2) is 12.2 Å². The molecule has 0 aromatic rings. The van der Waals surface area contributed by atoms with Crippen molar-refractivity contribution >= 4 is 25.8 Å². The SMILES string of the molecule is C=C(C)C(=O)CC[N+](C)(CC)CC.O=S(=O)([N-]S(=O)(=O)C(F)(F)F)C(F)(F)F. The van der Waals surface area contributed by atoms with E-state index in [9.17, 15) is 48.0 Å². The molecule has 0 aromatic heterocycles. The summed E-state index contributed by atoms with van der Waals surface area (Å²) >= 11 is 0. The summed E-state index contributed by atoms with van der Waals surface area (Å²) < 4.78 is 110. The number of carbonyl (C=O) groups is 1. The van der Waals surface area contributed by atoms with E-state index in [0.717, 1.165) is 28.2 Å². The Morgan fingerprint density at radius 1 is 0.929 bits per heavy atom. The van der Waals surface area contributed by atoms with Crippen molar-refractivity contribution in [3.8, 4) is 0 Å². The van der Waals surface area contributed by atoms with Gasteiger partial charge in [0.2, 0.25) is 0 Å². The number of ketones is 1. The van der Waals surface area contributed by atoms with E-state index in [0.29, 0.717) is 12.0 Å². The maximum Gasteiger partial charge on any atom is 0.480 e. The van der Waals surface area contributed by atoms with Crippen molar-refractivity contribution in [3.63, 3.8) is 0 Å². The molecule has 168 valence electrons. The van der Waals surface area contributed by atoms with Crippen LogP contribution in [0, 0.1) is 0 Å². The lowest BCUT2D eigenvalue weighted by Gasteiger charge is -2.31. The zero-order chi connectivity index (χ0) is 23.2. The molecule has 0 fully saturated rings. The van der Waals surface area contributed by atoms with E-state index >= 15 is 0 Å². The van der Waals surface area contributed by atoms with E-state index < -0.39 is 31.1 Å². The minimum absolute atomic E-state index is 0.200. The van der Waals surface area contributed by atoms with Gasteiger partial charge in [-0.1, -0.05) is 6.58 Å². The highest BCUT2D eigenvalue weighted by Gasteiger charge is 2.46. The summed E-state index contributed by atoms with van der Waals surface area (Å²) in [6.45, 7) is 12.9. The zero-order valence-corrected chi connectivity index (χ0v) is 17.2. The molecule has 15 heteroatoms. The number of hydrogen-bond acceptors (Lipinski definition) is 5. The number of quaternary nitrogens is 1. The average molecular weight is 464 g/mol. The van der Waals surface area contributed by atoms with Crippen LogP contribution >= 0.6 is 0 Å². The standard InChI is InChI=1S/C11H22NO.C2F6NO4S2/c1-6-12(5,7-2)9-8-11(13)10(3)4;3-1(4,5)14(10,11)9-15(12,13)2(6,7)8/h3,6-9H2,1-2,4-5H3;/q+1;-1. The van der Waals surface area contributed by atoms with Crippen LogP contribution in [0.4, 0.5) is 26.3 Å². The summed E-state index contributed by atoms with van der Waals surface area (Å²) in [5.41, 5.74) is -11.7. The molecule has 0 aliphatic rings. The van der Waals surface area contributed by atoms with E-state index in [-0.39, 0.29) is 5.78 Å². The Morgan fingerprint density at radius 2 is 1.25 bits per heavy atom. The van der Waals surface area contributed by atoms with E-state index in [1.165, 1.54) is 0 Å². The van der Waals surface area contributed by atoms with Gasteiger partial charge >= 0.3 is 11.0 Å². The van der Waals surface area contributed by atoms with Crippen LogP contribution in [0.25, 0.3) is 4.13 Å². The molecule has 0 heterocycles. The van der Waals surface area contributed by atoms with Crippen LogP contribution in [-0.4, -0.2) is 64.8 Å². The van der Waals surface area contributed by atoms with Crippen LogP contribution < -0.4 is 0 Å². The molecule has 0 spiro atoms. The number of nitrogens with zero attached hydrogens (tertiary/aromatic N) is 2. The molecule has 7 nitrogen and oxygen atoms in total. The summed E-state index contributed by atoms with van der Waals surface area (Å²) in [7, 11) is -11.3. The first kappa shape index (κ1) is 29.0. The molecule has 0 amide bonds. The van der Waals surface area contributed by atoms with Crippen molar-refractivity contribution in [3.05, 3.63) is 16.3 Å². The van der Waals surface area contributed by atoms with Crippen molar-refractivity contribution in [1.82, 2.24) is 0 Å². The summed E-state index contributed by atoms with van der Waals surface area (Å²) in [5, 5.41) is 0. The number of hydrogen-bond donors (Lipinski definition) is 0. The first-order chi connectivity index (χ1) is 12.2. The second-order valence-electron chi connectivity index (χ2n) is 5.85. The third-order valence-electron chi connectivity index (χ3n) is 3.66. The number of alkyl halides is 6. The van der Waals surface area contributed by atoms with Gasteiger partial charge < -0.3 is 8.61 Å². The van der Waals surface area contributed by atoms with E-state index in [1.807, 2.05) is 0 Å². The van der Waals surface area contributed by atoms with Gasteiger partial charge in [-0.15, -0.1) is 0 Å². The molecule has 0 aliphatic heterocycles. The number of carbonyl (C=O) groups excluding carboxylic acids is 1. The first-order valence-electron chi connectivity index (χ1n) is 7.55. The Kier molecular flexibility index (Phi) is 10.4. The summed E-state index contributed by atoms with van der Waals surface area (Å²) in [5.74, 6) is 0.200. The van der Waals surface area contributed by atoms with Gasteiger partial charge in [0, 0.05) is 0 Å². The third-order valence-corrected chi connectivity index (χ3v) is 6.40. The van der Waals surface area contributed by atoms with Crippen LogP contribution in [0.2, 0.25) is 0 Å². The van der Waals surface area contributed by atoms with Crippen molar-refractivity contribution in [2.45, 2.75) is 38.2 Å². The maximum atomic E-state index is 11.4. The Morgan fingerprint density at radius 3 is 1.46 bits per heavy atom. The Bertz CT molecular complexity index is 711. The largest absolute Gasteiger partial charge is 0.480 e. The van der Waals surface area contributed by atoms with Gasteiger partial charge in [-0.25, -0.2) is 16.8 Å². The van der Waals surface area contributed by atoms with Crippen molar-refractivity contribution in [2.75, 3.05) is 26.7 Å². The summed E-state index contributed by atoms with van der Waals surface area (Å²) in [6, 6.07) is 0. The average Bonchev–Trinajstić information content (AvgIpc) is 2.49. The van der Waals surface area contributed by atoms with Gasteiger partial charge in [-0.05, 0) is 26.3 Å². The number of allylic oxidation sites excluding steroid dienone is 1. The van der Waals surface area contributed by atoms with Gasteiger partial charge in [0.1, 0.15) is 0 Å². The van der Waals surface area contributed by atoms with Gasteiger partial charge in [0.05, 0.1) is 33.1 Å². The molecule has 0 radical (unpaired) electrons. The number of rotatable bonds is 8. The Hall–Kier alpha value is -1.19. The molecule has 0 aliphatic carbocycles. The second-order valence-corrected chi connectivity index (χ2v) is 9.27. The van der Waals surface area contributed by atoms with Crippen LogP contribution in [-0.2, 0) is 24.8 Å². The minimum atomic E-state index is -6.72. The normalized spacial score (nSPS) is 13.5. The molecule has 0 saturated heterocycles. The lowest BCUT2D eigenvalue weighted by atomic mass is 10.1. The van der Waals surface area contributed by atoms with Crippen molar-refractivity contribution in [1.29, 1.82) is 0 Å². The van der Waals surface area contributed by atoms with Gasteiger partial charge in [0.15, 0.2) is 25.8 Å². The monoisotopic (exact) mass is 464 g/mol. The lowest BCUT2D eigenvalue weighted by molar-refractivity contribution is -0.905. The fourth-order valence-corrected chi connectivity index (χ4v) is 3.05. The Labute approximate surface area is 160 Å². The highest BCUT2D eigenvalue weighted by Crippen LogP contribution is 2.36. The van der Waals surface area contributed by atoms with E-state index in [1.54, 1.807) is 6.92 Å². The molecule has 28 heavy (non-hydrogen) atoms. The molecular formula is C13H22F6N2O5S2. The van der Waals surface area contributed by atoms with Crippen LogP contribution in [0.3, 0.4) is 0 Å². The molecule has 0 rings (SSSR count). The number of sulfonamides is 2. The molecular weight excluding hydrogens is 442 g/mol. The second kappa shape index (κ2) is 10.0. The molecule has 0 saturated carbocycles. The first-order valence-corrected chi connectivity index (χ1v) is 10.4. The molecule has 0 atom stereocenters. The van der Waals surface area contributed by atoms with Crippen LogP contribution in [0.1, 0.15) is 27.2 Å². The molecule has 0 aromatic carbocycles. The summed E-state index contributed by atoms with van der Waals surface area (Å²) in [6.07, 6.45) is 0.632. The Balaban J connectivity index is 0. The predicted molar refractivity (Wildman–Crippen MR) is 89.9 cm³/mol. The highest BCUT2D eigenvalue weighted by molar-refractivity contribution is 8.13. The topological polar surface area (TPSA) is 99.4 Å². The molecule has 0 N–H and O–H groups in total. The quantitative estimate of drug-likeness (QED) is 0.312. The molecule has 0 bridgehead atoms. The van der Waals surface area contributed by atoms with Gasteiger partial charge in [-0.3, -0.25) is 4.79 Å². The maximum absolute atomic E-state index is 11.4. The summed E-state index contributed by atoms with van der Waals surface area (Å²) in [4.78, 5) is 11.3. The third kappa shape index (κ3) is 9.34. The van der Waals surface area contributed by atoms with E-state index in [4.69, 9.17) is 0 Å². The fraction of sp³-hybridized carbons (Fsp3) is 0.769. The van der Waals surface area contributed by atoms with E-state index in [2.05, 4.69) is 27.5 Å². The van der Waals surface area contributed by atoms with Crippen molar-refractivity contribution < 1.29 is 52.5 Å². The predicted octanol–water partition coefficient (Wildman–Crippen LogP) is 3.07. The fourth-order valence-electron chi connectivity index (χ4n) is 1.34. The number of halogens is 6.